The Morgan fingerprint density at radius 1 is 1.10 bits per heavy atom. The standard InChI is InChI=1S/C22H17BrFN3OS/c1-13-11-15(14(2)27(13)19-9-3-16(23)4-10-19)12-20-21(28)26-22(29-20)25-18-7-5-17(24)6-8-18/h3-12H,1-2H3,(H,25,26,28)/b20-12+. The van der Waals surface area contributed by atoms with Crippen LogP contribution in [-0.2, 0) is 4.79 Å². The van der Waals surface area contributed by atoms with Crippen LogP contribution in [0.2, 0.25) is 0 Å². The predicted octanol–water partition coefficient (Wildman–Crippen LogP) is 5.89. The maximum absolute atomic E-state index is 13.0. The molecule has 29 heavy (non-hydrogen) atoms. The number of aromatic nitrogens is 1. The topological polar surface area (TPSA) is 46.4 Å². The molecule has 0 bridgehead atoms. The highest BCUT2D eigenvalue weighted by molar-refractivity contribution is 9.10. The zero-order chi connectivity index (χ0) is 20.5. The molecule has 4 nitrogen and oxygen atoms in total. The van der Waals surface area contributed by atoms with Gasteiger partial charge in [0.1, 0.15) is 5.82 Å². The fourth-order valence-corrected chi connectivity index (χ4v) is 4.27. The van der Waals surface area contributed by atoms with Gasteiger partial charge in [0.15, 0.2) is 5.17 Å². The van der Waals surface area contributed by atoms with Crippen molar-refractivity contribution in [2.75, 3.05) is 0 Å². The largest absolute Gasteiger partial charge is 0.318 e. The first-order valence-electron chi connectivity index (χ1n) is 8.91. The summed E-state index contributed by atoms with van der Waals surface area (Å²) in [6.45, 7) is 4.08. The van der Waals surface area contributed by atoms with Gasteiger partial charge in [-0.05, 0) is 91.8 Å². The lowest BCUT2D eigenvalue weighted by Gasteiger charge is -2.09. The van der Waals surface area contributed by atoms with E-state index in [9.17, 15) is 9.18 Å². The van der Waals surface area contributed by atoms with Crippen LogP contribution in [0, 0.1) is 19.7 Å². The van der Waals surface area contributed by atoms with Gasteiger partial charge in [0, 0.05) is 21.5 Å². The molecule has 1 saturated heterocycles. The molecule has 146 valence electrons. The Hall–Kier alpha value is -2.64. The van der Waals surface area contributed by atoms with Gasteiger partial charge in [-0.3, -0.25) is 4.79 Å². The van der Waals surface area contributed by atoms with Gasteiger partial charge in [0.25, 0.3) is 5.91 Å². The van der Waals surface area contributed by atoms with Crippen molar-refractivity contribution in [2.45, 2.75) is 13.8 Å². The average molecular weight is 470 g/mol. The number of nitrogens with zero attached hydrogens (tertiary/aromatic N) is 2. The van der Waals surface area contributed by atoms with Gasteiger partial charge >= 0.3 is 0 Å². The van der Waals surface area contributed by atoms with Crippen molar-refractivity contribution in [2.24, 2.45) is 4.99 Å². The van der Waals surface area contributed by atoms with Crippen molar-refractivity contribution in [3.63, 3.8) is 0 Å². The van der Waals surface area contributed by atoms with Crippen LogP contribution >= 0.6 is 27.7 Å². The molecule has 7 heteroatoms. The van der Waals surface area contributed by atoms with Crippen LogP contribution in [0.15, 0.2) is 69.0 Å². The smallest absolute Gasteiger partial charge is 0.264 e. The van der Waals surface area contributed by atoms with Crippen LogP contribution in [0.3, 0.4) is 0 Å². The summed E-state index contributed by atoms with van der Waals surface area (Å²) in [6.07, 6.45) is 1.88. The summed E-state index contributed by atoms with van der Waals surface area (Å²) in [7, 11) is 0. The highest BCUT2D eigenvalue weighted by Gasteiger charge is 2.24. The molecule has 1 N–H and O–H groups in total. The SMILES string of the molecule is Cc1cc(/C=C2/SC(=Nc3ccc(F)cc3)NC2=O)c(C)n1-c1ccc(Br)cc1. The van der Waals surface area contributed by atoms with Gasteiger partial charge in [-0.15, -0.1) is 0 Å². The summed E-state index contributed by atoms with van der Waals surface area (Å²) in [5.41, 5.74) is 4.76. The monoisotopic (exact) mass is 469 g/mol. The highest BCUT2D eigenvalue weighted by atomic mass is 79.9. The number of aryl methyl sites for hydroxylation is 1. The lowest BCUT2D eigenvalue weighted by Crippen LogP contribution is -2.19. The maximum atomic E-state index is 13.0. The second-order valence-corrected chi connectivity index (χ2v) is 8.54. The van der Waals surface area contributed by atoms with Gasteiger partial charge in [0.05, 0.1) is 10.6 Å². The third kappa shape index (κ3) is 4.21. The minimum absolute atomic E-state index is 0.190. The fraction of sp³-hybridized carbons (Fsp3) is 0.0909. The number of benzene rings is 2. The van der Waals surface area contributed by atoms with Gasteiger partial charge in [-0.25, -0.2) is 9.38 Å². The lowest BCUT2D eigenvalue weighted by molar-refractivity contribution is -0.115. The Kier molecular flexibility index (Phi) is 5.43. The number of carbonyl (C=O) groups is 1. The number of hydrogen-bond donors (Lipinski definition) is 1. The molecule has 1 aliphatic rings. The zero-order valence-corrected chi connectivity index (χ0v) is 18.1. The second-order valence-electron chi connectivity index (χ2n) is 6.60. The molecule has 0 aliphatic carbocycles. The zero-order valence-electron chi connectivity index (χ0n) is 15.7. The van der Waals surface area contributed by atoms with Crippen molar-refractivity contribution < 1.29 is 9.18 Å². The first-order chi connectivity index (χ1) is 13.9. The third-order valence-electron chi connectivity index (χ3n) is 4.55. The molecule has 4 rings (SSSR count). The van der Waals surface area contributed by atoms with E-state index >= 15 is 0 Å². The van der Waals surface area contributed by atoms with E-state index < -0.39 is 0 Å². The molecule has 0 radical (unpaired) electrons. The van der Waals surface area contributed by atoms with Crippen molar-refractivity contribution in [3.8, 4) is 5.69 Å². The summed E-state index contributed by atoms with van der Waals surface area (Å²) in [5, 5.41) is 3.25. The van der Waals surface area contributed by atoms with E-state index in [1.165, 1.54) is 23.9 Å². The molecule has 1 aliphatic heterocycles. The van der Waals surface area contributed by atoms with Crippen molar-refractivity contribution >= 4 is 50.5 Å². The highest BCUT2D eigenvalue weighted by Crippen LogP contribution is 2.30. The van der Waals surface area contributed by atoms with E-state index in [2.05, 4.69) is 36.9 Å². The van der Waals surface area contributed by atoms with Crippen LogP contribution < -0.4 is 5.32 Å². The van der Waals surface area contributed by atoms with Crippen LogP contribution in [0.25, 0.3) is 11.8 Å². The Morgan fingerprint density at radius 2 is 1.79 bits per heavy atom. The summed E-state index contributed by atoms with van der Waals surface area (Å²) < 4.78 is 16.2. The van der Waals surface area contributed by atoms with E-state index in [4.69, 9.17) is 0 Å². The quantitative estimate of drug-likeness (QED) is 0.486. The normalized spacial score (nSPS) is 16.6. The summed E-state index contributed by atoms with van der Waals surface area (Å²) in [6, 6.07) is 16.0. The number of hydrogen-bond acceptors (Lipinski definition) is 3. The Balaban J connectivity index is 1.63. The number of aliphatic imine (C=N–C) groups is 1. The van der Waals surface area contributed by atoms with E-state index in [0.29, 0.717) is 15.8 Å². The van der Waals surface area contributed by atoms with Crippen molar-refractivity contribution in [1.29, 1.82) is 0 Å². The summed E-state index contributed by atoms with van der Waals surface area (Å²) >= 11 is 4.74. The van der Waals surface area contributed by atoms with E-state index in [-0.39, 0.29) is 11.7 Å². The van der Waals surface area contributed by atoms with E-state index in [0.717, 1.165) is 27.1 Å². The number of halogens is 2. The number of carbonyl (C=O) groups excluding carboxylic acids is 1. The molecular weight excluding hydrogens is 453 g/mol. The number of nitrogens with one attached hydrogen (secondary N) is 1. The van der Waals surface area contributed by atoms with Gasteiger partial charge in [-0.1, -0.05) is 15.9 Å². The molecule has 1 aromatic heterocycles. The summed E-state index contributed by atoms with van der Waals surface area (Å²) in [5.74, 6) is -0.511. The van der Waals surface area contributed by atoms with Crippen LogP contribution in [-0.4, -0.2) is 15.6 Å². The van der Waals surface area contributed by atoms with E-state index in [1.807, 2.05) is 44.2 Å². The summed E-state index contributed by atoms with van der Waals surface area (Å²) in [4.78, 5) is 17.3. The Labute approximate surface area is 180 Å². The molecule has 0 atom stereocenters. The van der Waals surface area contributed by atoms with Gasteiger partial charge < -0.3 is 9.88 Å². The molecule has 2 heterocycles. The van der Waals surface area contributed by atoms with Crippen LogP contribution in [0.5, 0.6) is 0 Å². The minimum Gasteiger partial charge on any atom is -0.318 e. The molecule has 0 spiro atoms. The molecule has 1 fully saturated rings. The molecule has 0 unspecified atom stereocenters. The number of amides is 1. The van der Waals surface area contributed by atoms with Crippen molar-refractivity contribution in [3.05, 3.63) is 86.7 Å². The molecule has 1 amide bonds. The Morgan fingerprint density at radius 3 is 2.48 bits per heavy atom. The first kappa shape index (κ1) is 19.7. The predicted molar refractivity (Wildman–Crippen MR) is 120 cm³/mol. The molecule has 0 saturated carbocycles. The van der Waals surface area contributed by atoms with Crippen LogP contribution in [0.1, 0.15) is 17.0 Å². The number of thioether (sulfide) groups is 1. The molecule has 3 aromatic rings. The second kappa shape index (κ2) is 8.00. The molecular formula is C22H17BrFN3OS. The Bertz CT molecular complexity index is 1150. The van der Waals surface area contributed by atoms with Crippen LogP contribution in [0.4, 0.5) is 10.1 Å². The van der Waals surface area contributed by atoms with Crippen molar-refractivity contribution in [1.82, 2.24) is 9.88 Å². The maximum Gasteiger partial charge on any atom is 0.264 e. The third-order valence-corrected chi connectivity index (χ3v) is 5.99. The van der Waals surface area contributed by atoms with E-state index in [1.54, 1.807) is 12.1 Å². The number of rotatable bonds is 3. The van der Waals surface area contributed by atoms with Gasteiger partial charge in [0.2, 0.25) is 0 Å². The molecule has 2 aromatic carbocycles. The fourth-order valence-electron chi connectivity index (χ4n) is 3.18. The van der Waals surface area contributed by atoms with Gasteiger partial charge in [-0.2, -0.15) is 0 Å². The lowest BCUT2D eigenvalue weighted by atomic mass is 10.2. The minimum atomic E-state index is -0.321. The number of amidine groups is 1. The average Bonchev–Trinajstić information content (AvgIpc) is 3.17. The first-order valence-corrected chi connectivity index (χ1v) is 10.5.